The average Bonchev–Trinajstić information content (AvgIpc) is 3.07. The second kappa shape index (κ2) is 5.38. The number of para-hydroxylation sites is 2. The highest BCUT2D eigenvalue weighted by Gasteiger charge is 2.14. The van der Waals surface area contributed by atoms with Crippen LogP contribution < -0.4 is 10.6 Å². The van der Waals surface area contributed by atoms with Crippen molar-refractivity contribution in [1.29, 1.82) is 0 Å². The van der Waals surface area contributed by atoms with Gasteiger partial charge in [0.1, 0.15) is 0 Å². The zero-order valence-electron chi connectivity index (χ0n) is 11.6. The Morgan fingerprint density at radius 2 is 2.10 bits per heavy atom. The van der Waals surface area contributed by atoms with Crippen LogP contribution in [0.5, 0.6) is 0 Å². The van der Waals surface area contributed by atoms with Crippen LogP contribution in [0.25, 0.3) is 11.0 Å². The zero-order valence-corrected chi connectivity index (χ0v) is 11.6. The number of aromatic amines is 1. The number of fused-ring (bicyclic) bond motifs is 1. The van der Waals surface area contributed by atoms with Crippen molar-refractivity contribution in [3.63, 3.8) is 0 Å². The van der Waals surface area contributed by atoms with Gasteiger partial charge in [0.15, 0.2) is 0 Å². The normalized spacial score (nSPS) is 11.1. The second-order valence-corrected chi connectivity index (χ2v) is 4.89. The summed E-state index contributed by atoms with van der Waals surface area (Å²) in [6.45, 7) is 2.16. The van der Waals surface area contributed by atoms with E-state index >= 15 is 0 Å². The highest BCUT2D eigenvalue weighted by Crippen LogP contribution is 2.22. The van der Waals surface area contributed by atoms with E-state index in [1.165, 1.54) is 5.69 Å². The summed E-state index contributed by atoms with van der Waals surface area (Å²) in [7, 11) is 2.05. The lowest BCUT2D eigenvalue weighted by Gasteiger charge is -2.19. The minimum Gasteiger partial charge on any atom is -0.364 e. The van der Waals surface area contributed by atoms with E-state index in [0.29, 0.717) is 6.54 Å². The highest BCUT2D eigenvalue weighted by molar-refractivity contribution is 5.78. The number of nitrogens with two attached hydrogens (primary N) is 1. The molecule has 0 fully saturated rings. The van der Waals surface area contributed by atoms with Crippen molar-refractivity contribution in [3.8, 4) is 0 Å². The predicted molar refractivity (Wildman–Crippen MR) is 81.7 cm³/mol. The number of imidazole rings is 1. The van der Waals surface area contributed by atoms with Gasteiger partial charge in [0.05, 0.1) is 17.6 Å². The maximum Gasteiger partial charge on any atom is 0.206 e. The molecule has 5 heteroatoms. The van der Waals surface area contributed by atoms with E-state index in [1.807, 2.05) is 30.5 Å². The Morgan fingerprint density at radius 3 is 2.85 bits per heavy atom. The summed E-state index contributed by atoms with van der Waals surface area (Å²) in [5.74, 6) is 0.950. The molecule has 0 radical (unpaired) electrons. The third-order valence-electron chi connectivity index (χ3n) is 3.40. The third kappa shape index (κ3) is 2.28. The molecule has 2 heterocycles. The van der Waals surface area contributed by atoms with Gasteiger partial charge in [-0.05, 0) is 24.3 Å². The molecular formula is C15H19N5. The first-order valence-electron chi connectivity index (χ1n) is 6.78. The smallest absolute Gasteiger partial charge is 0.206 e. The molecule has 0 amide bonds. The first-order valence-corrected chi connectivity index (χ1v) is 6.78. The van der Waals surface area contributed by atoms with Crippen LogP contribution in [0, 0.1) is 0 Å². The Labute approximate surface area is 118 Å². The SMILES string of the molecule is CN(Cc1ccc[nH]1)c1nc2ccccc2n1CCN. The standard InChI is InChI=1S/C15H19N5/c1-19(11-12-5-4-9-17-12)15-18-13-6-2-3-7-14(13)20(15)10-8-16/h2-7,9,17H,8,10-11,16H2,1H3. The number of anilines is 1. The molecule has 0 aliphatic heterocycles. The van der Waals surface area contributed by atoms with Crippen LogP contribution in [0.15, 0.2) is 42.6 Å². The van der Waals surface area contributed by atoms with E-state index in [9.17, 15) is 0 Å². The number of rotatable bonds is 5. The van der Waals surface area contributed by atoms with Crippen LogP contribution in [-0.2, 0) is 13.1 Å². The molecule has 0 atom stereocenters. The minimum absolute atomic E-state index is 0.601. The van der Waals surface area contributed by atoms with Crippen LogP contribution in [-0.4, -0.2) is 28.1 Å². The van der Waals surface area contributed by atoms with Gasteiger partial charge in [-0.15, -0.1) is 0 Å². The Kier molecular flexibility index (Phi) is 3.43. The number of hydrogen-bond donors (Lipinski definition) is 2. The molecule has 20 heavy (non-hydrogen) atoms. The Balaban J connectivity index is 1.98. The Hall–Kier alpha value is -2.27. The van der Waals surface area contributed by atoms with E-state index in [0.717, 1.165) is 30.1 Å². The van der Waals surface area contributed by atoms with E-state index in [2.05, 4.69) is 33.6 Å². The van der Waals surface area contributed by atoms with Gasteiger partial charge in [0, 0.05) is 32.0 Å². The number of aromatic nitrogens is 3. The topological polar surface area (TPSA) is 62.9 Å². The molecule has 0 spiro atoms. The van der Waals surface area contributed by atoms with E-state index in [-0.39, 0.29) is 0 Å². The molecular weight excluding hydrogens is 250 g/mol. The van der Waals surface area contributed by atoms with Crippen LogP contribution in [0.1, 0.15) is 5.69 Å². The van der Waals surface area contributed by atoms with Crippen molar-refractivity contribution in [3.05, 3.63) is 48.3 Å². The molecule has 0 aliphatic rings. The molecule has 0 aliphatic carbocycles. The second-order valence-electron chi connectivity index (χ2n) is 4.89. The number of benzene rings is 1. The van der Waals surface area contributed by atoms with Crippen molar-refractivity contribution >= 4 is 17.0 Å². The van der Waals surface area contributed by atoms with E-state index < -0.39 is 0 Å². The van der Waals surface area contributed by atoms with E-state index in [1.54, 1.807) is 0 Å². The Morgan fingerprint density at radius 1 is 1.25 bits per heavy atom. The van der Waals surface area contributed by atoms with Crippen LogP contribution >= 0.6 is 0 Å². The molecule has 1 aromatic carbocycles. The van der Waals surface area contributed by atoms with Gasteiger partial charge in [-0.2, -0.15) is 0 Å². The molecule has 3 aromatic rings. The molecule has 3 rings (SSSR count). The van der Waals surface area contributed by atoms with Crippen LogP contribution in [0.2, 0.25) is 0 Å². The van der Waals surface area contributed by atoms with Gasteiger partial charge in [-0.3, -0.25) is 0 Å². The third-order valence-corrected chi connectivity index (χ3v) is 3.40. The van der Waals surface area contributed by atoms with Crippen molar-refractivity contribution < 1.29 is 0 Å². The largest absolute Gasteiger partial charge is 0.364 e. The zero-order chi connectivity index (χ0) is 13.9. The van der Waals surface area contributed by atoms with E-state index in [4.69, 9.17) is 10.7 Å². The Bertz CT molecular complexity index is 683. The fraction of sp³-hybridized carbons (Fsp3) is 0.267. The highest BCUT2D eigenvalue weighted by atomic mass is 15.3. The summed E-state index contributed by atoms with van der Waals surface area (Å²) in [6.07, 6.45) is 1.94. The lowest BCUT2D eigenvalue weighted by molar-refractivity contribution is 0.701. The van der Waals surface area contributed by atoms with Crippen molar-refractivity contribution in [1.82, 2.24) is 14.5 Å². The molecule has 5 nitrogen and oxygen atoms in total. The summed E-state index contributed by atoms with van der Waals surface area (Å²) >= 11 is 0. The first kappa shape index (κ1) is 12.7. The van der Waals surface area contributed by atoms with Crippen LogP contribution in [0.3, 0.4) is 0 Å². The fourth-order valence-corrected chi connectivity index (χ4v) is 2.50. The van der Waals surface area contributed by atoms with Gasteiger partial charge in [-0.1, -0.05) is 12.1 Å². The van der Waals surface area contributed by atoms with Crippen molar-refractivity contribution in [2.45, 2.75) is 13.1 Å². The molecule has 0 bridgehead atoms. The maximum absolute atomic E-state index is 5.74. The minimum atomic E-state index is 0.601. The van der Waals surface area contributed by atoms with Gasteiger partial charge in [-0.25, -0.2) is 4.98 Å². The summed E-state index contributed by atoms with van der Waals surface area (Å²) in [5.41, 5.74) is 9.05. The summed E-state index contributed by atoms with van der Waals surface area (Å²) in [6, 6.07) is 12.2. The van der Waals surface area contributed by atoms with Crippen molar-refractivity contribution in [2.75, 3.05) is 18.5 Å². The van der Waals surface area contributed by atoms with Gasteiger partial charge < -0.3 is 20.2 Å². The monoisotopic (exact) mass is 269 g/mol. The van der Waals surface area contributed by atoms with Gasteiger partial charge in [0.25, 0.3) is 0 Å². The van der Waals surface area contributed by atoms with Gasteiger partial charge >= 0.3 is 0 Å². The molecule has 0 unspecified atom stereocenters. The molecule has 104 valence electrons. The number of nitrogens with zero attached hydrogens (tertiary/aromatic N) is 3. The summed E-state index contributed by atoms with van der Waals surface area (Å²) in [5, 5.41) is 0. The number of nitrogens with one attached hydrogen (secondary N) is 1. The number of hydrogen-bond acceptors (Lipinski definition) is 3. The van der Waals surface area contributed by atoms with Crippen LogP contribution in [0.4, 0.5) is 5.95 Å². The maximum atomic E-state index is 5.74. The summed E-state index contributed by atoms with van der Waals surface area (Å²) in [4.78, 5) is 10.1. The quantitative estimate of drug-likeness (QED) is 0.744. The average molecular weight is 269 g/mol. The molecule has 2 aromatic heterocycles. The molecule has 0 saturated heterocycles. The summed E-state index contributed by atoms with van der Waals surface area (Å²) < 4.78 is 2.18. The lowest BCUT2D eigenvalue weighted by atomic mass is 10.3. The van der Waals surface area contributed by atoms with Crippen molar-refractivity contribution in [2.24, 2.45) is 5.73 Å². The van der Waals surface area contributed by atoms with Gasteiger partial charge in [0.2, 0.25) is 5.95 Å². The predicted octanol–water partition coefficient (Wildman–Crippen LogP) is 1.96. The molecule has 3 N–H and O–H groups in total. The molecule has 0 saturated carbocycles. The number of H-pyrrole nitrogens is 1. The lowest BCUT2D eigenvalue weighted by Crippen LogP contribution is -2.22. The fourth-order valence-electron chi connectivity index (χ4n) is 2.50. The first-order chi connectivity index (χ1) is 9.79.